The number of thiazole rings is 1. The summed E-state index contributed by atoms with van der Waals surface area (Å²) >= 11 is 0.956. The summed E-state index contributed by atoms with van der Waals surface area (Å²) < 4.78 is 24.5. The van der Waals surface area contributed by atoms with Gasteiger partial charge in [-0.3, -0.25) is 18.8 Å². The lowest BCUT2D eigenvalue weighted by molar-refractivity contribution is -0.135. The van der Waals surface area contributed by atoms with E-state index in [1.54, 1.807) is 0 Å². The lowest BCUT2D eigenvalue weighted by Crippen LogP contribution is -2.35. The molecule has 3 N–H and O–H groups in total. The van der Waals surface area contributed by atoms with E-state index < -0.39 is 45.3 Å². The van der Waals surface area contributed by atoms with E-state index in [4.69, 9.17) is 5.11 Å². The molecular weight excluding hydrogens is 362 g/mol. The highest BCUT2D eigenvalue weighted by atomic mass is 32.2. The van der Waals surface area contributed by atoms with Crippen LogP contribution in [0.25, 0.3) is 4.96 Å². The van der Waals surface area contributed by atoms with E-state index in [0.717, 1.165) is 15.7 Å². The Morgan fingerprint density at radius 1 is 1.38 bits per heavy atom. The van der Waals surface area contributed by atoms with Crippen molar-refractivity contribution >= 4 is 38.0 Å². The first-order valence-corrected chi connectivity index (χ1v) is 9.30. The summed E-state index contributed by atoms with van der Waals surface area (Å²) in [5, 5.41) is 20.4. The van der Waals surface area contributed by atoms with Gasteiger partial charge in [0, 0.05) is 17.0 Å². The van der Waals surface area contributed by atoms with Gasteiger partial charge in [0.15, 0.2) is 20.4 Å². The van der Waals surface area contributed by atoms with E-state index in [1.165, 1.54) is 0 Å². The number of aromatic hydroxyl groups is 1. The van der Waals surface area contributed by atoms with Crippen molar-refractivity contribution < 1.29 is 28.2 Å². The highest BCUT2D eigenvalue weighted by molar-refractivity contribution is 7.90. The van der Waals surface area contributed by atoms with Gasteiger partial charge in [-0.15, -0.1) is 0 Å². The number of hydrogen-bond acceptors (Lipinski definition) is 8. The fourth-order valence-corrected chi connectivity index (χ4v) is 5.36. The van der Waals surface area contributed by atoms with Crippen LogP contribution in [0.15, 0.2) is 4.79 Å². The standard InChI is InChI=1S/C12H11N3O7S2/c16-7(17)3-13-9(18)8-10(19)14-12-15(11(8)20)5-1-2-24(21,22)4-6(5)23-12/h19H,1-4H2,(H,13,18)(H,16,17). The monoisotopic (exact) mass is 373 g/mol. The first kappa shape index (κ1) is 16.4. The molecule has 1 amide bonds. The predicted octanol–water partition coefficient (Wildman–Crippen LogP) is -1.25. The number of sulfone groups is 1. The number of aliphatic carboxylic acids is 1. The molecule has 0 aliphatic carbocycles. The number of aromatic nitrogens is 2. The van der Waals surface area contributed by atoms with Crippen LogP contribution in [0.1, 0.15) is 20.9 Å². The van der Waals surface area contributed by atoms with Gasteiger partial charge < -0.3 is 15.5 Å². The number of carbonyl (C=O) groups excluding carboxylic acids is 1. The molecule has 3 heterocycles. The summed E-state index contributed by atoms with van der Waals surface area (Å²) in [4.78, 5) is 39.3. The minimum atomic E-state index is -3.25. The van der Waals surface area contributed by atoms with Gasteiger partial charge in [0.25, 0.3) is 11.5 Å². The second-order valence-electron chi connectivity index (χ2n) is 5.12. The van der Waals surface area contributed by atoms with E-state index in [-0.39, 0.29) is 22.9 Å². The summed E-state index contributed by atoms with van der Waals surface area (Å²) in [5.74, 6) is -3.55. The largest absolute Gasteiger partial charge is 0.492 e. The Bertz CT molecular complexity index is 1040. The molecule has 0 spiro atoms. The minimum absolute atomic E-state index is 0.0781. The Labute approximate surface area is 138 Å². The average Bonchev–Trinajstić information content (AvgIpc) is 2.80. The van der Waals surface area contributed by atoms with Crippen molar-refractivity contribution in [3.8, 4) is 5.88 Å². The number of rotatable bonds is 3. The third-order valence-electron chi connectivity index (χ3n) is 3.47. The molecule has 1 aliphatic heterocycles. The van der Waals surface area contributed by atoms with Crippen LogP contribution in [0, 0.1) is 0 Å². The van der Waals surface area contributed by atoms with E-state index in [0.29, 0.717) is 10.6 Å². The number of nitrogens with zero attached hydrogens (tertiary/aromatic N) is 2. The molecule has 10 nitrogen and oxygen atoms in total. The summed E-state index contributed by atoms with van der Waals surface area (Å²) in [6, 6.07) is 0. The number of carbonyl (C=O) groups is 2. The quantitative estimate of drug-likeness (QED) is 0.602. The molecule has 0 radical (unpaired) electrons. The maximum atomic E-state index is 12.5. The summed E-state index contributed by atoms with van der Waals surface area (Å²) in [6.45, 7) is -0.722. The van der Waals surface area contributed by atoms with Gasteiger partial charge >= 0.3 is 5.97 Å². The van der Waals surface area contributed by atoms with Gasteiger partial charge in [0.1, 0.15) is 6.54 Å². The molecule has 0 aromatic carbocycles. The van der Waals surface area contributed by atoms with Gasteiger partial charge in [0.05, 0.1) is 11.5 Å². The molecule has 2 aromatic heterocycles. The van der Waals surface area contributed by atoms with Gasteiger partial charge in [0.2, 0.25) is 5.88 Å². The summed E-state index contributed by atoms with van der Waals surface area (Å²) in [6.07, 6.45) is 0.0974. The topological polar surface area (TPSA) is 155 Å². The summed E-state index contributed by atoms with van der Waals surface area (Å²) in [5.41, 5.74) is -1.10. The molecular formula is C12H11N3O7S2. The molecule has 0 saturated carbocycles. The SMILES string of the molecule is O=C(O)CNC(=O)c1c(O)nc2sc3c(n2c1=O)CCS(=O)(=O)C3. The number of hydrogen-bond donors (Lipinski definition) is 3. The summed E-state index contributed by atoms with van der Waals surface area (Å²) in [7, 11) is -3.25. The van der Waals surface area contributed by atoms with Crippen LogP contribution in [-0.4, -0.2) is 52.2 Å². The first-order valence-electron chi connectivity index (χ1n) is 6.66. The van der Waals surface area contributed by atoms with Crippen LogP contribution in [0.5, 0.6) is 5.88 Å². The zero-order valence-corrected chi connectivity index (χ0v) is 13.6. The number of carboxylic acid groups (broad SMARTS) is 1. The molecule has 1 aliphatic rings. The molecule has 3 rings (SSSR count). The maximum Gasteiger partial charge on any atom is 0.322 e. The molecule has 0 saturated heterocycles. The van der Waals surface area contributed by atoms with E-state index in [2.05, 4.69) is 4.98 Å². The van der Waals surface area contributed by atoms with Crippen LogP contribution in [-0.2, 0) is 26.8 Å². The highest BCUT2D eigenvalue weighted by Crippen LogP contribution is 2.29. The first-order chi connectivity index (χ1) is 11.2. The highest BCUT2D eigenvalue weighted by Gasteiger charge is 2.29. The molecule has 128 valence electrons. The van der Waals surface area contributed by atoms with Gasteiger partial charge in [-0.25, -0.2) is 8.42 Å². The van der Waals surface area contributed by atoms with Gasteiger partial charge in [-0.2, -0.15) is 4.98 Å². The van der Waals surface area contributed by atoms with Crippen LogP contribution < -0.4 is 10.9 Å². The van der Waals surface area contributed by atoms with Crippen LogP contribution >= 0.6 is 11.3 Å². The Morgan fingerprint density at radius 2 is 2.08 bits per heavy atom. The van der Waals surface area contributed by atoms with Crippen molar-refractivity contribution in [3.05, 3.63) is 26.5 Å². The van der Waals surface area contributed by atoms with E-state index >= 15 is 0 Å². The van der Waals surface area contributed by atoms with Gasteiger partial charge in [-0.1, -0.05) is 11.3 Å². The second-order valence-corrected chi connectivity index (χ2v) is 8.37. The smallest absolute Gasteiger partial charge is 0.322 e. The Kier molecular flexibility index (Phi) is 3.80. The molecule has 24 heavy (non-hydrogen) atoms. The molecule has 12 heteroatoms. The average molecular weight is 373 g/mol. The number of fused-ring (bicyclic) bond motifs is 3. The third-order valence-corrected chi connectivity index (χ3v) is 6.29. The van der Waals surface area contributed by atoms with Crippen LogP contribution in [0.3, 0.4) is 0 Å². The molecule has 2 aromatic rings. The number of nitrogens with one attached hydrogen (secondary N) is 1. The zero-order valence-electron chi connectivity index (χ0n) is 12.0. The maximum absolute atomic E-state index is 12.5. The Hall–Kier alpha value is -2.47. The normalized spacial score (nSPS) is 15.8. The Balaban J connectivity index is 2.15. The molecule has 0 fully saturated rings. The van der Waals surface area contributed by atoms with Crippen molar-refractivity contribution in [1.82, 2.24) is 14.7 Å². The Morgan fingerprint density at radius 3 is 2.75 bits per heavy atom. The fraction of sp³-hybridized carbons (Fsp3) is 0.333. The van der Waals surface area contributed by atoms with Crippen molar-refractivity contribution in [1.29, 1.82) is 0 Å². The van der Waals surface area contributed by atoms with Crippen molar-refractivity contribution in [3.63, 3.8) is 0 Å². The lowest BCUT2D eigenvalue weighted by atomic mass is 10.2. The minimum Gasteiger partial charge on any atom is -0.492 e. The van der Waals surface area contributed by atoms with Crippen molar-refractivity contribution in [2.45, 2.75) is 12.2 Å². The number of aryl methyl sites for hydroxylation is 1. The predicted molar refractivity (Wildman–Crippen MR) is 82.2 cm³/mol. The van der Waals surface area contributed by atoms with Crippen molar-refractivity contribution in [2.24, 2.45) is 0 Å². The van der Waals surface area contributed by atoms with Crippen molar-refractivity contribution in [2.75, 3.05) is 12.3 Å². The number of amides is 1. The van der Waals surface area contributed by atoms with E-state index in [9.17, 15) is 27.9 Å². The molecule has 0 unspecified atom stereocenters. The third kappa shape index (κ3) is 2.73. The van der Waals surface area contributed by atoms with E-state index in [1.807, 2.05) is 5.32 Å². The molecule has 0 bridgehead atoms. The van der Waals surface area contributed by atoms with Crippen LogP contribution in [0.2, 0.25) is 0 Å². The zero-order chi connectivity index (χ0) is 17.6. The number of carboxylic acids is 1. The van der Waals surface area contributed by atoms with Crippen LogP contribution in [0.4, 0.5) is 0 Å². The second kappa shape index (κ2) is 5.56. The fourth-order valence-electron chi connectivity index (χ4n) is 2.42. The van der Waals surface area contributed by atoms with Gasteiger partial charge in [-0.05, 0) is 0 Å². The molecule has 0 atom stereocenters. The lowest BCUT2D eigenvalue weighted by Gasteiger charge is -2.12.